The molecule has 0 atom stereocenters. The summed E-state index contributed by atoms with van der Waals surface area (Å²) in [4.78, 5) is 6.15. The van der Waals surface area contributed by atoms with Gasteiger partial charge in [-0.3, -0.25) is 0 Å². The average molecular weight is 158 g/mol. The molecule has 1 N–H and O–H groups in total. The SMILES string of the molecule is Cc1ccnc(=S(=O)=O)[nH]1. The largest absolute Gasteiger partial charge is 0.331 e. The van der Waals surface area contributed by atoms with Gasteiger partial charge in [0, 0.05) is 11.9 Å². The summed E-state index contributed by atoms with van der Waals surface area (Å²) in [6.45, 7) is 1.76. The van der Waals surface area contributed by atoms with Crippen LogP contribution in [0.25, 0.3) is 0 Å². The van der Waals surface area contributed by atoms with E-state index in [9.17, 15) is 8.42 Å². The Morgan fingerprint density at radius 2 is 2.30 bits per heavy atom. The fraction of sp³-hybridized carbons (Fsp3) is 0.200. The van der Waals surface area contributed by atoms with Gasteiger partial charge >= 0.3 is 0 Å². The monoisotopic (exact) mass is 158 g/mol. The van der Waals surface area contributed by atoms with Crippen LogP contribution in [0.5, 0.6) is 0 Å². The molecule has 1 aromatic heterocycles. The predicted octanol–water partition coefficient (Wildman–Crippen LogP) is 0.129. The van der Waals surface area contributed by atoms with Crippen molar-refractivity contribution in [3.05, 3.63) is 22.7 Å². The highest BCUT2D eigenvalue weighted by Crippen LogP contribution is 1.85. The van der Waals surface area contributed by atoms with Crippen LogP contribution >= 0.6 is 0 Å². The van der Waals surface area contributed by atoms with Crippen molar-refractivity contribution in [2.45, 2.75) is 6.92 Å². The number of hydrogen-bond acceptors (Lipinski definition) is 3. The van der Waals surface area contributed by atoms with Crippen molar-refractivity contribution in [1.29, 1.82) is 0 Å². The lowest BCUT2D eigenvalue weighted by Gasteiger charge is -1.86. The van der Waals surface area contributed by atoms with E-state index in [1.807, 2.05) is 0 Å². The van der Waals surface area contributed by atoms with E-state index in [0.29, 0.717) is 0 Å². The minimum Gasteiger partial charge on any atom is -0.331 e. The third-order valence-corrected chi connectivity index (χ3v) is 1.50. The van der Waals surface area contributed by atoms with E-state index in [4.69, 9.17) is 0 Å². The van der Waals surface area contributed by atoms with Crippen LogP contribution in [0, 0.1) is 11.7 Å². The van der Waals surface area contributed by atoms with E-state index in [2.05, 4.69) is 9.97 Å². The van der Waals surface area contributed by atoms with Crippen molar-refractivity contribution in [3.63, 3.8) is 0 Å². The Balaban J connectivity index is 3.65. The number of aromatic nitrogens is 2. The van der Waals surface area contributed by atoms with Crippen LogP contribution in [-0.4, -0.2) is 18.4 Å². The van der Waals surface area contributed by atoms with Crippen LogP contribution in [0.2, 0.25) is 0 Å². The minimum atomic E-state index is -2.26. The van der Waals surface area contributed by atoms with E-state index in [-0.39, 0.29) is 4.77 Å². The first-order chi connectivity index (χ1) is 4.70. The van der Waals surface area contributed by atoms with Gasteiger partial charge in [0.15, 0.2) is 0 Å². The summed E-state index contributed by atoms with van der Waals surface area (Å²) in [6.07, 6.45) is 1.44. The second-order valence-corrected chi connectivity index (χ2v) is 2.65. The zero-order valence-electron chi connectivity index (χ0n) is 5.33. The molecular weight excluding hydrogens is 152 g/mol. The fourth-order valence-corrected chi connectivity index (χ4v) is 0.935. The summed E-state index contributed by atoms with van der Waals surface area (Å²) < 4.78 is 20.5. The summed E-state index contributed by atoms with van der Waals surface area (Å²) in [7, 11) is -2.26. The first-order valence-corrected chi connectivity index (χ1v) is 3.72. The van der Waals surface area contributed by atoms with Crippen molar-refractivity contribution in [3.8, 4) is 0 Å². The van der Waals surface area contributed by atoms with Gasteiger partial charge in [-0.05, 0) is 13.0 Å². The van der Waals surface area contributed by atoms with Gasteiger partial charge in [-0.2, -0.15) is 8.42 Å². The molecule has 5 heteroatoms. The average Bonchev–Trinajstić information content (AvgIpc) is 1.88. The third kappa shape index (κ3) is 1.44. The van der Waals surface area contributed by atoms with E-state index in [0.717, 1.165) is 5.69 Å². The van der Waals surface area contributed by atoms with Crippen LogP contribution in [-0.2, 0) is 10.3 Å². The molecule has 4 nitrogen and oxygen atoms in total. The molecule has 1 rings (SSSR count). The molecule has 54 valence electrons. The van der Waals surface area contributed by atoms with Gasteiger partial charge < -0.3 is 4.98 Å². The first-order valence-electron chi connectivity index (χ1n) is 2.64. The lowest BCUT2D eigenvalue weighted by molar-refractivity contribution is 0.623. The zero-order chi connectivity index (χ0) is 7.56. The Labute approximate surface area is 59.1 Å². The van der Waals surface area contributed by atoms with Gasteiger partial charge in [0.05, 0.1) is 0 Å². The molecule has 0 unspecified atom stereocenters. The van der Waals surface area contributed by atoms with Crippen LogP contribution in [0.15, 0.2) is 12.3 Å². The normalized spacial score (nSPS) is 9.30. The molecule has 10 heavy (non-hydrogen) atoms. The molecule has 0 aliphatic rings. The number of aromatic amines is 1. The summed E-state index contributed by atoms with van der Waals surface area (Å²) in [6, 6.07) is 1.69. The summed E-state index contributed by atoms with van der Waals surface area (Å²) >= 11 is 0. The zero-order valence-corrected chi connectivity index (χ0v) is 6.14. The Kier molecular flexibility index (Phi) is 1.86. The minimum absolute atomic E-state index is 0.0278. The van der Waals surface area contributed by atoms with E-state index in [1.54, 1.807) is 13.0 Å². The Morgan fingerprint density at radius 1 is 1.60 bits per heavy atom. The van der Waals surface area contributed by atoms with Gasteiger partial charge in [0.1, 0.15) is 0 Å². The van der Waals surface area contributed by atoms with Crippen molar-refractivity contribution in [1.82, 2.24) is 9.97 Å². The van der Waals surface area contributed by atoms with E-state index < -0.39 is 10.3 Å². The van der Waals surface area contributed by atoms with Gasteiger partial charge in [0.25, 0.3) is 15.1 Å². The predicted molar refractivity (Wildman–Crippen MR) is 35.5 cm³/mol. The molecule has 0 saturated heterocycles. The summed E-state index contributed by atoms with van der Waals surface area (Å²) in [5.41, 5.74) is 0.772. The number of aryl methyl sites for hydroxylation is 1. The quantitative estimate of drug-likeness (QED) is 0.546. The van der Waals surface area contributed by atoms with Crippen LogP contribution in [0.3, 0.4) is 0 Å². The second kappa shape index (κ2) is 2.66. The summed E-state index contributed by atoms with van der Waals surface area (Å²) in [5, 5.41) is 0. The first kappa shape index (κ1) is 7.01. The van der Waals surface area contributed by atoms with Gasteiger partial charge in [0.2, 0.25) is 0 Å². The highest BCUT2D eigenvalue weighted by Gasteiger charge is 1.83. The summed E-state index contributed by atoms with van der Waals surface area (Å²) in [5.74, 6) is 0. The van der Waals surface area contributed by atoms with Crippen molar-refractivity contribution >= 4 is 10.3 Å². The maximum Gasteiger partial charge on any atom is 0.258 e. The van der Waals surface area contributed by atoms with E-state index in [1.165, 1.54) is 6.20 Å². The standard InChI is InChI=1S/C5H6N2O2S/c1-4-2-3-6-5(7-4)10(8)9/h2-3,7H,1H3. The van der Waals surface area contributed by atoms with Crippen molar-refractivity contribution in [2.24, 2.45) is 0 Å². The van der Waals surface area contributed by atoms with Crippen LogP contribution in [0.4, 0.5) is 0 Å². The molecule has 0 aliphatic heterocycles. The molecule has 0 aliphatic carbocycles. The lowest BCUT2D eigenvalue weighted by atomic mass is 10.5. The Morgan fingerprint density at radius 3 is 2.70 bits per heavy atom. The second-order valence-electron chi connectivity index (χ2n) is 1.79. The molecule has 0 radical (unpaired) electrons. The maximum absolute atomic E-state index is 10.3. The number of nitrogens with zero attached hydrogens (tertiary/aromatic N) is 1. The number of H-pyrrole nitrogens is 1. The van der Waals surface area contributed by atoms with Gasteiger partial charge in [-0.1, -0.05) is 0 Å². The molecule has 0 fully saturated rings. The molecule has 0 amide bonds. The molecular formula is C5H6N2O2S. The molecule has 0 aromatic carbocycles. The number of nitrogens with one attached hydrogen (secondary N) is 1. The topological polar surface area (TPSA) is 62.8 Å². The number of hydrogen-bond donors (Lipinski definition) is 1. The fourth-order valence-electron chi connectivity index (χ4n) is 0.544. The maximum atomic E-state index is 10.3. The van der Waals surface area contributed by atoms with E-state index >= 15 is 0 Å². The van der Waals surface area contributed by atoms with Crippen LogP contribution in [0.1, 0.15) is 5.69 Å². The highest BCUT2D eigenvalue weighted by atomic mass is 32.2. The highest BCUT2D eigenvalue weighted by molar-refractivity contribution is 7.63. The Bertz CT molecular complexity index is 382. The smallest absolute Gasteiger partial charge is 0.258 e. The molecule has 0 saturated carbocycles. The number of rotatable bonds is 0. The molecule has 1 aromatic rings. The third-order valence-electron chi connectivity index (χ3n) is 0.978. The van der Waals surface area contributed by atoms with Crippen LogP contribution < -0.4 is 0 Å². The molecule has 1 heterocycles. The van der Waals surface area contributed by atoms with Crippen molar-refractivity contribution in [2.75, 3.05) is 0 Å². The molecule has 0 bridgehead atoms. The van der Waals surface area contributed by atoms with Gasteiger partial charge in [-0.15, -0.1) is 0 Å². The molecule has 0 spiro atoms. The lowest BCUT2D eigenvalue weighted by Crippen LogP contribution is -1.85. The Hall–Kier alpha value is -1.10. The van der Waals surface area contributed by atoms with Crippen molar-refractivity contribution < 1.29 is 8.42 Å². The van der Waals surface area contributed by atoms with Gasteiger partial charge in [-0.25, -0.2) is 4.98 Å².